The lowest BCUT2D eigenvalue weighted by Gasteiger charge is -2.03. The van der Waals surface area contributed by atoms with Gasteiger partial charge in [-0.1, -0.05) is 0 Å². The zero-order valence-corrected chi connectivity index (χ0v) is 10.7. The van der Waals surface area contributed by atoms with Crippen LogP contribution in [0.1, 0.15) is 5.56 Å². The Balaban J connectivity index is 2.11. The number of nitrogens with one attached hydrogen (secondary N) is 1. The van der Waals surface area contributed by atoms with Crippen LogP contribution in [-0.2, 0) is 0 Å². The Morgan fingerprint density at radius 1 is 1.33 bits per heavy atom. The molecule has 0 radical (unpaired) electrons. The van der Waals surface area contributed by atoms with E-state index in [-0.39, 0.29) is 0 Å². The van der Waals surface area contributed by atoms with Crippen molar-refractivity contribution in [2.75, 3.05) is 12.4 Å². The summed E-state index contributed by atoms with van der Waals surface area (Å²) in [6.07, 6.45) is 1.71. The Kier molecular flexibility index (Phi) is 4.00. The maximum absolute atomic E-state index is 9.08. The average molecular weight is 256 g/mol. The highest BCUT2D eigenvalue weighted by Crippen LogP contribution is 2.19. The number of thiophene rings is 1. The van der Waals surface area contributed by atoms with Gasteiger partial charge >= 0.3 is 0 Å². The molecule has 0 saturated heterocycles. The van der Waals surface area contributed by atoms with Crippen molar-refractivity contribution >= 4 is 22.6 Å². The molecular weight excluding hydrogens is 244 g/mol. The number of hydrogen-bond donors (Lipinski definition) is 1. The summed E-state index contributed by atoms with van der Waals surface area (Å²) in [5.74, 6) is 0.808. The normalized spacial score (nSPS) is 10.8. The van der Waals surface area contributed by atoms with Gasteiger partial charge in [-0.05, 0) is 41.1 Å². The van der Waals surface area contributed by atoms with Crippen LogP contribution in [0, 0.1) is 11.3 Å². The van der Waals surface area contributed by atoms with E-state index in [2.05, 4.69) is 11.4 Å². The molecule has 2 aromatic rings. The maximum atomic E-state index is 9.08. The smallest absolute Gasteiger partial charge is 0.119 e. The summed E-state index contributed by atoms with van der Waals surface area (Å²) >= 11 is 1.57. The van der Waals surface area contributed by atoms with Gasteiger partial charge in [0.25, 0.3) is 0 Å². The molecule has 1 heterocycles. The first kappa shape index (κ1) is 12.2. The van der Waals surface area contributed by atoms with Gasteiger partial charge < -0.3 is 10.1 Å². The highest BCUT2D eigenvalue weighted by atomic mass is 32.1. The monoisotopic (exact) mass is 256 g/mol. The molecule has 2 rings (SSSR count). The van der Waals surface area contributed by atoms with Crippen LogP contribution in [0.5, 0.6) is 5.75 Å². The number of ether oxygens (including phenoxy) is 1. The van der Waals surface area contributed by atoms with Gasteiger partial charge in [-0.2, -0.15) is 16.6 Å². The lowest BCUT2D eigenvalue weighted by atomic mass is 10.2. The first-order chi connectivity index (χ1) is 8.83. The van der Waals surface area contributed by atoms with E-state index in [0.717, 1.165) is 17.0 Å². The summed E-state index contributed by atoms with van der Waals surface area (Å²) < 4.78 is 5.08. The van der Waals surface area contributed by atoms with Gasteiger partial charge in [-0.15, -0.1) is 0 Å². The van der Waals surface area contributed by atoms with Gasteiger partial charge in [0, 0.05) is 17.5 Å². The van der Waals surface area contributed by atoms with Gasteiger partial charge in [-0.3, -0.25) is 0 Å². The molecule has 3 nitrogen and oxygen atoms in total. The Labute approximate surface area is 110 Å². The second-order valence-corrected chi connectivity index (χ2v) is 4.33. The maximum Gasteiger partial charge on any atom is 0.119 e. The van der Waals surface area contributed by atoms with Crippen molar-refractivity contribution in [3.05, 3.63) is 52.9 Å². The molecular formula is C14H12N2OS. The van der Waals surface area contributed by atoms with Crippen molar-refractivity contribution in [1.82, 2.24) is 0 Å². The van der Waals surface area contributed by atoms with Gasteiger partial charge in [-0.25, -0.2) is 0 Å². The molecule has 18 heavy (non-hydrogen) atoms. The predicted octanol–water partition coefficient (Wildman–Crippen LogP) is 3.73. The fraction of sp³-hybridized carbons (Fsp3) is 0.0714. The molecule has 4 heteroatoms. The van der Waals surface area contributed by atoms with Crippen molar-refractivity contribution in [2.45, 2.75) is 0 Å². The molecule has 1 N–H and O–H groups in total. The summed E-state index contributed by atoms with van der Waals surface area (Å²) in [6, 6.07) is 11.6. The third-order valence-corrected chi connectivity index (χ3v) is 3.11. The lowest BCUT2D eigenvalue weighted by molar-refractivity contribution is 0.415. The van der Waals surface area contributed by atoms with Crippen LogP contribution in [0.15, 0.2) is 47.3 Å². The molecule has 0 amide bonds. The van der Waals surface area contributed by atoms with E-state index < -0.39 is 0 Å². The molecule has 0 aliphatic carbocycles. The van der Waals surface area contributed by atoms with Gasteiger partial charge in [0.1, 0.15) is 11.8 Å². The van der Waals surface area contributed by atoms with E-state index >= 15 is 0 Å². The lowest BCUT2D eigenvalue weighted by Crippen LogP contribution is -1.90. The third kappa shape index (κ3) is 2.90. The number of hydrogen-bond acceptors (Lipinski definition) is 4. The van der Waals surface area contributed by atoms with E-state index in [1.165, 1.54) is 0 Å². The van der Waals surface area contributed by atoms with Crippen LogP contribution < -0.4 is 10.1 Å². The largest absolute Gasteiger partial charge is 0.497 e. The SMILES string of the molecule is COc1ccc(N/C=C(\C#N)c2ccsc2)cc1. The predicted molar refractivity (Wildman–Crippen MR) is 74.5 cm³/mol. The number of nitrogens with zero attached hydrogens (tertiary/aromatic N) is 1. The minimum Gasteiger partial charge on any atom is -0.497 e. The summed E-state index contributed by atoms with van der Waals surface area (Å²) in [5, 5.41) is 16.1. The van der Waals surface area contributed by atoms with Crippen LogP contribution in [0.4, 0.5) is 5.69 Å². The van der Waals surface area contributed by atoms with Crippen LogP contribution in [0.3, 0.4) is 0 Å². The zero-order chi connectivity index (χ0) is 12.8. The molecule has 0 bridgehead atoms. The van der Waals surface area contributed by atoms with Crippen LogP contribution >= 0.6 is 11.3 Å². The number of nitriles is 1. The molecule has 0 saturated carbocycles. The average Bonchev–Trinajstić information content (AvgIpc) is 2.94. The third-order valence-electron chi connectivity index (χ3n) is 2.43. The molecule has 1 aromatic carbocycles. The molecule has 0 fully saturated rings. The zero-order valence-electron chi connectivity index (χ0n) is 9.88. The van der Waals surface area contributed by atoms with Crippen molar-refractivity contribution in [3.8, 4) is 11.8 Å². The van der Waals surface area contributed by atoms with Crippen molar-refractivity contribution in [2.24, 2.45) is 0 Å². The first-order valence-electron chi connectivity index (χ1n) is 5.37. The molecule has 0 unspecified atom stereocenters. The van der Waals surface area contributed by atoms with E-state index in [1.54, 1.807) is 24.6 Å². The molecule has 0 aliphatic heterocycles. The van der Waals surface area contributed by atoms with Gasteiger partial charge in [0.05, 0.1) is 12.7 Å². The van der Waals surface area contributed by atoms with Crippen molar-refractivity contribution in [1.29, 1.82) is 5.26 Å². The number of rotatable bonds is 4. The number of benzene rings is 1. The quantitative estimate of drug-likeness (QED) is 0.848. The van der Waals surface area contributed by atoms with Crippen LogP contribution in [-0.4, -0.2) is 7.11 Å². The Hall–Kier alpha value is -2.25. The highest BCUT2D eigenvalue weighted by molar-refractivity contribution is 7.08. The molecule has 1 aromatic heterocycles. The molecule has 0 aliphatic rings. The molecule has 0 spiro atoms. The topological polar surface area (TPSA) is 45.0 Å². The second kappa shape index (κ2) is 5.89. The van der Waals surface area contributed by atoms with E-state index in [9.17, 15) is 0 Å². The van der Waals surface area contributed by atoms with E-state index in [0.29, 0.717) is 5.57 Å². The fourth-order valence-electron chi connectivity index (χ4n) is 1.44. The Morgan fingerprint density at radius 3 is 2.67 bits per heavy atom. The Bertz CT molecular complexity index is 565. The van der Waals surface area contributed by atoms with Crippen LogP contribution in [0.25, 0.3) is 5.57 Å². The summed E-state index contributed by atoms with van der Waals surface area (Å²) in [5.41, 5.74) is 2.47. The summed E-state index contributed by atoms with van der Waals surface area (Å²) in [4.78, 5) is 0. The fourth-order valence-corrected chi connectivity index (χ4v) is 2.10. The van der Waals surface area contributed by atoms with E-state index in [1.807, 2.05) is 41.1 Å². The first-order valence-corrected chi connectivity index (χ1v) is 6.31. The van der Waals surface area contributed by atoms with Gasteiger partial charge in [0.15, 0.2) is 0 Å². The summed E-state index contributed by atoms with van der Waals surface area (Å²) in [6.45, 7) is 0. The number of allylic oxidation sites excluding steroid dienone is 1. The van der Waals surface area contributed by atoms with Crippen molar-refractivity contribution in [3.63, 3.8) is 0 Å². The molecule has 90 valence electrons. The molecule has 0 atom stereocenters. The van der Waals surface area contributed by atoms with Crippen molar-refractivity contribution < 1.29 is 4.74 Å². The standard InChI is InChI=1S/C14H12N2OS/c1-17-14-4-2-13(3-5-14)16-9-12(8-15)11-6-7-18-10-11/h2-7,9-10,16H,1H3/b12-9+. The minimum atomic E-state index is 0.618. The Morgan fingerprint density at radius 2 is 2.11 bits per heavy atom. The minimum absolute atomic E-state index is 0.618. The second-order valence-electron chi connectivity index (χ2n) is 3.55. The highest BCUT2D eigenvalue weighted by Gasteiger charge is 2.00. The van der Waals surface area contributed by atoms with Crippen LogP contribution in [0.2, 0.25) is 0 Å². The summed E-state index contributed by atoms with van der Waals surface area (Å²) in [7, 11) is 1.63. The van der Waals surface area contributed by atoms with E-state index in [4.69, 9.17) is 10.00 Å². The van der Waals surface area contributed by atoms with Gasteiger partial charge in [0.2, 0.25) is 0 Å². The number of methoxy groups -OCH3 is 1. The number of anilines is 1.